The van der Waals surface area contributed by atoms with E-state index < -0.39 is 0 Å². The van der Waals surface area contributed by atoms with Gasteiger partial charge in [0.1, 0.15) is 5.01 Å². The molecular weight excluding hydrogens is 280 g/mol. The Morgan fingerprint density at radius 1 is 1.14 bits per heavy atom. The highest BCUT2D eigenvalue weighted by Crippen LogP contribution is 2.21. The van der Waals surface area contributed by atoms with E-state index in [0.717, 1.165) is 20.8 Å². The lowest BCUT2D eigenvalue weighted by Gasteiger charge is -2.03. The molecule has 0 aliphatic carbocycles. The van der Waals surface area contributed by atoms with Crippen LogP contribution in [0.3, 0.4) is 0 Å². The minimum Gasteiger partial charge on any atom is -0.349 e. The molecule has 21 heavy (non-hydrogen) atoms. The topological polar surface area (TPSA) is 42.0 Å². The van der Waals surface area contributed by atoms with Gasteiger partial charge in [-0.3, -0.25) is 4.79 Å². The van der Waals surface area contributed by atoms with Crippen molar-refractivity contribution in [2.45, 2.75) is 19.9 Å². The molecular formula is C17H16N2OS. The van der Waals surface area contributed by atoms with Crippen LogP contribution in [-0.2, 0) is 17.8 Å². The van der Waals surface area contributed by atoms with E-state index in [9.17, 15) is 4.79 Å². The summed E-state index contributed by atoms with van der Waals surface area (Å²) in [6.07, 6.45) is 0.408. The van der Waals surface area contributed by atoms with Crippen molar-refractivity contribution in [1.29, 1.82) is 0 Å². The number of para-hydroxylation sites is 1. The van der Waals surface area contributed by atoms with Crippen molar-refractivity contribution in [2.75, 3.05) is 0 Å². The summed E-state index contributed by atoms with van der Waals surface area (Å²) in [7, 11) is 0. The second-order valence-electron chi connectivity index (χ2n) is 5.01. The number of amides is 1. The minimum absolute atomic E-state index is 0.0260. The quantitative estimate of drug-likeness (QED) is 0.801. The first-order chi connectivity index (χ1) is 10.2. The summed E-state index contributed by atoms with van der Waals surface area (Å²) < 4.78 is 1.15. The maximum absolute atomic E-state index is 12.0. The van der Waals surface area contributed by atoms with Crippen molar-refractivity contribution in [1.82, 2.24) is 10.3 Å². The van der Waals surface area contributed by atoms with Gasteiger partial charge in [0, 0.05) is 0 Å². The van der Waals surface area contributed by atoms with Crippen LogP contribution in [0.2, 0.25) is 0 Å². The number of nitrogens with zero attached hydrogens (tertiary/aromatic N) is 1. The van der Waals surface area contributed by atoms with Gasteiger partial charge in [0.2, 0.25) is 5.91 Å². The fourth-order valence-electron chi connectivity index (χ4n) is 2.12. The molecule has 1 aromatic heterocycles. The highest BCUT2D eigenvalue weighted by Gasteiger charge is 2.06. The summed E-state index contributed by atoms with van der Waals surface area (Å²) in [6.45, 7) is 2.53. The van der Waals surface area contributed by atoms with Crippen LogP contribution in [0, 0.1) is 6.92 Å². The van der Waals surface area contributed by atoms with Crippen molar-refractivity contribution in [3.8, 4) is 0 Å². The number of carbonyl (C=O) groups excluding carboxylic acids is 1. The summed E-state index contributed by atoms with van der Waals surface area (Å²) in [5.74, 6) is 0.0260. The normalized spacial score (nSPS) is 10.7. The van der Waals surface area contributed by atoms with Crippen LogP contribution in [-0.4, -0.2) is 10.9 Å². The molecule has 3 rings (SSSR count). The summed E-state index contributed by atoms with van der Waals surface area (Å²) in [5.41, 5.74) is 3.22. The standard InChI is InChI=1S/C17H16N2OS/c1-12-6-8-13(9-7-12)10-16(20)18-11-17-19-14-4-2-3-5-15(14)21-17/h2-9H,10-11H2,1H3,(H,18,20). The van der Waals surface area contributed by atoms with E-state index >= 15 is 0 Å². The van der Waals surface area contributed by atoms with Crippen LogP contribution in [0.5, 0.6) is 0 Å². The number of benzene rings is 2. The van der Waals surface area contributed by atoms with Gasteiger partial charge in [0.15, 0.2) is 0 Å². The van der Waals surface area contributed by atoms with Crippen molar-refractivity contribution in [2.24, 2.45) is 0 Å². The molecule has 1 heterocycles. The lowest BCUT2D eigenvalue weighted by molar-refractivity contribution is -0.120. The van der Waals surface area contributed by atoms with E-state index in [2.05, 4.69) is 10.3 Å². The van der Waals surface area contributed by atoms with Crippen LogP contribution in [0.1, 0.15) is 16.1 Å². The average molecular weight is 296 g/mol. The predicted octanol–water partition coefficient (Wildman–Crippen LogP) is 3.46. The van der Waals surface area contributed by atoms with Gasteiger partial charge in [-0.1, -0.05) is 42.0 Å². The van der Waals surface area contributed by atoms with Gasteiger partial charge in [-0.25, -0.2) is 4.98 Å². The molecule has 3 aromatic rings. The van der Waals surface area contributed by atoms with Crippen LogP contribution in [0.15, 0.2) is 48.5 Å². The molecule has 0 spiro atoms. The molecule has 0 aliphatic heterocycles. The molecule has 106 valence electrons. The molecule has 1 amide bonds. The number of hydrogen-bond donors (Lipinski definition) is 1. The van der Waals surface area contributed by atoms with Crippen molar-refractivity contribution in [3.05, 3.63) is 64.7 Å². The Balaban J connectivity index is 1.59. The highest BCUT2D eigenvalue weighted by atomic mass is 32.1. The first-order valence-electron chi connectivity index (χ1n) is 6.87. The Hall–Kier alpha value is -2.20. The van der Waals surface area contributed by atoms with Gasteiger partial charge in [0.05, 0.1) is 23.2 Å². The third-order valence-corrected chi connectivity index (χ3v) is 4.30. The Morgan fingerprint density at radius 3 is 2.67 bits per heavy atom. The highest BCUT2D eigenvalue weighted by molar-refractivity contribution is 7.18. The smallest absolute Gasteiger partial charge is 0.224 e. The van der Waals surface area contributed by atoms with Gasteiger partial charge < -0.3 is 5.32 Å². The van der Waals surface area contributed by atoms with E-state index in [1.165, 1.54) is 5.56 Å². The number of thiazole rings is 1. The fourth-order valence-corrected chi connectivity index (χ4v) is 3.03. The number of nitrogens with one attached hydrogen (secondary N) is 1. The Labute approximate surface area is 127 Å². The molecule has 0 saturated heterocycles. The maximum atomic E-state index is 12.0. The van der Waals surface area contributed by atoms with Crippen LogP contribution in [0.25, 0.3) is 10.2 Å². The van der Waals surface area contributed by atoms with Crippen LogP contribution < -0.4 is 5.32 Å². The summed E-state index contributed by atoms with van der Waals surface area (Å²) in [4.78, 5) is 16.5. The molecule has 3 nitrogen and oxygen atoms in total. The number of fused-ring (bicyclic) bond motifs is 1. The van der Waals surface area contributed by atoms with Gasteiger partial charge >= 0.3 is 0 Å². The van der Waals surface area contributed by atoms with Crippen molar-refractivity contribution >= 4 is 27.5 Å². The second kappa shape index (κ2) is 6.06. The Kier molecular flexibility index (Phi) is 3.97. The molecule has 4 heteroatoms. The van der Waals surface area contributed by atoms with Gasteiger partial charge in [-0.15, -0.1) is 11.3 Å². The monoisotopic (exact) mass is 296 g/mol. The lowest BCUT2D eigenvalue weighted by atomic mass is 10.1. The molecule has 0 fully saturated rings. The van der Waals surface area contributed by atoms with E-state index in [4.69, 9.17) is 0 Å². The fraction of sp³-hybridized carbons (Fsp3) is 0.176. The largest absolute Gasteiger partial charge is 0.349 e. The van der Waals surface area contributed by atoms with Crippen LogP contribution in [0.4, 0.5) is 0 Å². The zero-order valence-electron chi connectivity index (χ0n) is 11.8. The predicted molar refractivity (Wildman–Crippen MR) is 86.3 cm³/mol. The van der Waals surface area contributed by atoms with E-state index in [0.29, 0.717) is 13.0 Å². The molecule has 0 atom stereocenters. The third-order valence-electron chi connectivity index (χ3n) is 3.26. The zero-order chi connectivity index (χ0) is 14.7. The third kappa shape index (κ3) is 3.47. The van der Waals surface area contributed by atoms with Gasteiger partial charge in [-0.2, -0.15) is 0 Å². The molecule has 0 saturated carbocycles. The van der Waals surface area contributed by atoms with Gasteiger partial charge in [-0.05, 0) is 24.6 Å². The molecule has 0 unspecified atom stereocenters. The summed E-state index contributed by atoms with van der Waals surface area (Å²) in [6, 6.07) is 16.0. The number of rotatable bonds is 4. The van der Waals surface area contributed by atoms with Crippen molar-refractivity contribution in [3.63, 3.8) is 0 Å². The lowest BCUT2D eigenvalue weighted by Crippen LogP contribution is -2.24. The minimum atomic E-state index is 0.0260. The molecule has 0 bridgehead atoms. The molecule has 2 aromatic carbocycles. The van der Waals surface area contributed by atoms with Gasteiger partial charge in [0.25, 0.3) is 0 Å². The number of aryl methyl sites for hydroxylation is 1. The van der Waals surface area contributed by atoms with Crippen molar-refractivity contribution < 1.29 is 4.79 Å². The average Bonchev–Trinajstić information content (AvgIpc) is 2.90. The first-order valence-corrected chi connectivity index (χ1v) is 7.69. The number of hydrogen-bond acceptors (Lipinski definition) is 3. The maximum Gasteiger partial charge on any atom is 0.224 e. The zero-order valence-corrected chi connectivity index (χ0v) is 12.6. The Morgan fingerprint density at radius 2 is 1.90 bits per heavy atom. The van der Waals surface area contributed by atoms with Crippen LogP contribution >= 0.6 is 11.3 Å². The van der Waals surface area contributed by atoms with E-state index in [1.54, 1.807) is 11.3 Å². The molecule has 0 aliphatic rings. The SMILES string of the molecule is Cc1ccc(CC(=O)NCc2nc3ccccc3s2)cc1. The molecule has 1 N–H and O–H groups in total. The first kappa shape index (κ1) is 13.8. The summed E-state index contributed by atoms with van der Waals surface area (Å²) >= 11 is 1.62. The second-order valence-corrected chi connectivity index (χ2v) is 6.13. The van der Waals surface area contributed by atoms with E-state index in [-0.39, 0.29) is 5.91 Å². The number of carbonyl (C=O) groups is 1. The summed E-state index contributed by atoms with van der Waals surface area (Å²) in [5, 5.41) is 3.87. The van der Waals surface area contributed by atoms with E-state index in [1.807, 2.05) is 55.5 Å². The number of aromatic nitrogens is 1. The molecule has 0 radical (unpaired) electrons. The Bertz CT molecular complexity index is 729.